The van der Waals surface area contributed by atoms with Crippen molar-refractivity contribution in [3.8, 4) is 0 Å². The van der Waals surface area contributed by atoms with E-state index in [-0.39, 0.29) is 30.2 Å². The minimum atomic E-state index is -0.505. The lowest BCUT2D eigenvalue weighted by Gasteiger charge is -2.32. The molecule has 180 valence electrons. The van der Waals surface area contributed by atoms with E-state index in [1.54, 1.807) is 25.1 Å². The van der Waals surface area contributed by atoms with E-state index in [1.165, 1.54) is 11.1 Å². The number of carbonyl (C=O) groups is 2. The molecule has 0 radical (unpaired) electrons. The molecule has 2 heterocycles. The molecule has 0 spiro atoms. The first kappa shape index (κ1) is 24.1. The zero-order valence-corrected chi connectivity index (χ0v) is 20.1. The SMILES string of the molecule is CCOC(=O)[C@H]1CCCN(CC(=O)N2N=C(c3ccc(C)cc3C)C[C@H]2c2ccccc2F)C1. The van der Waals surface area contributed by atoms with Gasteiger partial charge in [0.25, 0.3) is 5.91 Å². The number of likely N-dealkylation sites (tertiary alicyclic amines) is 1. The van der Waals surface area contributed by atoms with Gasteiger partial charge in [-0.15, -0.1) is 0 Å². The standard InChI is InChI=1S/C27H32FN3O3/c1-4-34-27(33)20-8-7-13-30(16-20)17-26(32)31-25(22-9-5-6-10-23(22)28)15-24(29-31)21-12-11-18(2)14-19(21)3/h5-6,9-12,14,20,25H,4,7-8,13,15-17H2,1-3H3/t20-,25-/m0/s1. The molecule has 0 aromatic heterocycles. The molecule has 2 aromatic carbocycles. The van der Waals surface area contributed by atoms with Crippen molar-refractivity contribution in [1.82, 2.24) is 9.91 Å². The van der Waals surface area contributed by atoms with Gasteiger partial charge in [0.1, 0.15) is 5.82 Å². The number of hydrogen-bond acceptors (Lipinski definition) is 5. The number of piperidine rings is 1. The average Bonchev–Trinajstić information content (AvgIpc) is 3.25. The molecular weight excluding hydrogens is 433 g/mol. The average molecular weight is 466 g/mol. The number of esters is 1. The number of ether oxygens (including phenoxy) is 1. The summed E-state index contributed by atoms with van der Waals surface area (Å²) in [5, 5.41) is 6.16. The summed E-state index contributed by atoms with van der Waals surface area (Å²) in [6.07, 6.45) is 2.03. The van der Waals surface area contributed by atoms with Crippen LogP contribution in [0.2, 0.25) is 0 Å². The Morgan fingerprint density at radius 3 is 2.71 bits per heavy atom. The summed E-state index contributed by atoms with van der Waals surface area (Å²) in [6, 6.07) is 12.2. The lowest BCUT2D eigenvalue weighted by molar-refractivity contribution is -0.150. The van der Waals surface area contributed by atoms with Crippen LogP contribution in [-0.4, -0.2) is 53.7 Å². The fourth-order valence-corrected chi connectivity index (χ4v) is 4.94. The number of nitrogens with zero attached hydrogens (tertiary/aromatic N) is 3. The van der Waals surface area contributed by atoms with E-state index in [9.17, 15) is 14.0 Å². The Balaban J connectivity index is 1.58. The van der Waals surface area contributed by atoms with E-state index in [1.807, 2.05) is 30.9 Å². The first-order valence-corrected chi connectivity index (χ1v) is 12.0. The van der Waals surface area contributed by atoms with Gasteiger partial charge in [0.05, 0.1) is 30.8 Å². The van der Waals surface area contributed by atoms with E-state index in [0.717, 1.165) is 41.8 Å². The van der Waals surface area contributed by atoms with Gasteiger partial charge in [-0.25, -0.2) is 9.40 Å². The number of amides is 1. The van der Waals surface area contributed by atoms with Crippen LogP contribution in [0.3, 0.4) is 0 Å². The summed E-state index contributed by atoms with van der Waals surface area (Å²) < 4.78 is 19.9. The summed E-state index contributed by atoms with van der Waals surface area (Å²) >= 11 is 0. The third kappa shape index (κ3) is 5.20. The molecule has 2 atom stereocenters. The van der Waals surface area contributed by atoms with Crippen LogP contribution < -0.4 is 0 Å². The van der Waals surface area contributed by atoms with Gasteiger partial charge >= 0.3 is 5.97 Å². The third-order valence-electron chi connectivity index (χ3n) is 6.61. The normalized spacial score (nSPS) is 20.8. The number of rotatable bonds is 6. The van der Waals surface area contributed by atoms with Gasteiger partial charge in [-0.3, -0.25) is 14.5 Å². The fraction of sp³-hybridized carbons (Fsp3) is 0.444. The van der Waals surface area contributed by atoms with Crippen molar-refractivity contribution < 1.29 is 18.7 Å². The minimum absolute atomic E-state index is 0.129. The van der Waals surface area contributed by atoms with Crippen LogP contribution in [0, 0.1) is 25.6 Å². The third-order valence-corrected chi connectivity index (χ3v) is 6.61. The molecule has 1 fully saturated rings. The van der Waals surface area contributed by atoms with Crippen LogP contribution in [0.4, 0.5) is 4.39 Å². The Morgan fingerprint density at radius 2 is 1.97 bits per heavy atom. The molecule has 0 N–H and O–H groups in total. The van der Waals surface area contributed by atoms with Crippen molar-refractivity contribution in [1.29, 1.82) is 0 Å². The molecule has 2 aliphatic rings. The van der Waals surface area contributed by atoms with Gasteiger partial charge in [-0.2, -0.15) is 5.10 Å². The second-order valence-corrected chi connectivity index (χ2v) is 9.17. The summed E-state index contributed by atoms with van der Waals surface area (Å²) in [6.45, 7) is 7.55. The summed E-state index contributed by atoms with van der Waals surface area (Å²) in [7, 11) is 0. The van der Waals surface area contributed by atoms with Gasteiger partial charge in [0.15, 0.2) is 0 Å². The van der Waals surface area contributed by atoms with Crippen molar-refractivity contribution in [2.45, 2.75) is 46.1 Å². The number of benzene rings is 2. The van der Waals surface area contributed by atoms with Gasteiger partial charge in [-0.05, 0) is 51.8 Å². The second-order valence-electron chi connectivity index (χ2n) is 9.17. The zero-order valence-electron chi connectivity index (χ0n) is 20.1. The first-order valence-electron chi connectivity index (χ1n) is 12.0. The highest BCUT2D eigenvalue weighted by atomic mass is 19.1. The zero-order chi connectivity index (χ0) is 24.2. The van der Waals surface area contributed by atoms with Crippen molar-refractivity contribution in [2.75, 3.05) is 26.2 Å². The lowest BCUT2D eigenvalue weighted by atomic mass is 9.95. The van der Waals surface area contributed by atoms with E-state index in [4.69, 9.17) is 9.84 Å². The fourth-order valence-electron chi connectivity index (χ4n) is 4.94. The Hall–Kier alpha value is -3.06. The highest BCUT2D eigenvalue weighted by Gasteiger charge is 2.36. The van der Waals surface area contributed by atoms with E-state index < -0.39 is 6.04 Å². The van der Waals surface area contributed by atoms with Crippen LogP contribution in [0.25, 0.3) is 0 Å². The first-order chi connectivity index (χ1) is 16.4. The highest BCUT2D eigenvalue weighted by Crippen LogP contribution is 2.35. The maximum atomic E-state index is 14.8. The summed E-state index contributed by atoms with van der Waals surface area (Å²) in [5.41, 5.74) is 4.44. The van der Waals surface area contributed by atoms with Crippen molar-refractivity contribution in [2.24, 2.45) is 11.0 Å². The topological polar surface area (TPSA) is 62.2 Å². The molecule has 34 heavy (non-hydrogen) atoms. The van der Waals surface area contributed by atoms with Gasteiger partial charge in [0, 0.05) is 24.1 Å². The summed E-state index contributed by atoms with van der Waals surface area (Å²) in [4.78, 5) is 27.7. The molecule has 0 bridgehead atoms. The molecule has 1 saturated heterocycles. The van der Waals surface area contributed by atoms with Gasteiger partial charge < -0.3 is 4.74 Å². The number of carbonyl (C=O) groups excluding carboxylic acids is 2. The lowest BCUT2D eigenvalue weighted by Crippen LogP contribution is -2.45. The molecule has 0 aliphatic carbocycles. The van der Waals surface area contributed by atoms with E-state index in [2.05, 4.69) is 6.07 Å². The van der Waals surface area contributed by atoms with Crippen molar-refractivity contribution in [3.05, 3.63) is 70.5 Å². The van der Waals surface area contributed by atoms with E-state index in [0.29, 0.717) is 25.1 Å². The Morgan fingerprint density at radius 1 is 1.18 bits per heavy atom. The van der Waals surface area contributed by atoms with Crippen LogP contribution in [-0.2, 0) is 14.3 Å². The van der Waals surface area contributed by atoms with Gasteiger partial charge in [0.2, 0.25) is 0 Å². The Bertz CT molecular complexity index is 1100. The number of hydrazone groups is 1. The molecule has 7 heteroatoms. The van der Waals surface area contributed by atoms with Crippen LogP contribution in [0.15, 0.2) is 47.6 Å². The second kappa shape index (κ2) is 10.5. The molecule has 6 nitrogen and oxygen atoms in total. The van der Waals surface area contributed by atoms with Crippen LogP contribution in [0.5, 0.6) is 0 Å². The maximum Gasteiger partial charge on any atom is 0.310 e. The van der Waals surface area contributed by atoms with Crippen molar-refractivity contribution >= 4 is 17.6 Å². The molecule has 0 unspecified atom stereocenters. The highest BCUT2D eigenvalue weighted by molar-refractivity contribution is 6.04. The smallest absolute Gasteiger partial charge is 0.310 e. The quantitative estimate of drug-likeness (QED) is 0.594. The largest absolute Gasteiger partial charge is 0.466 e. The monoisotopic (exact) mass is 465 g/mol. The molecule has 2 aliphatic heterocycles. The number of aryl methyl sites for hydroxylation is 2. The maximum absolute atomic E-state index is 14.8. The van der Waals surface area contributed by atoms with Gasteiger partial charge in [-0.1, -0.05) is 42.0 Å². The molecule has 2 aromatic rings. The molecular formula is C27H32FN3O3. The predicted molar refractivity (Wildman–Crippen MR) is 129 cm³/mol. The number of halogens is 1. The predicted octanol–water partition coefficient (Wildman–Crippen LogP) is 4.40. The van der Waals surface area contributed by atoms with Crippen LogP contribution >= 0.6 is 0 Å². The minimum Gasteiger partial charge on any atom is -0.466 e. The van der Waals surface area contributed by atoms with Crippen molar-refractivity contribution in [3.63, 3.8) is 0 Å². The Kier molecular flexibility index (Phi) is 7.41. The summed E-state index contributed by atoms with van der Waals surface area (Å²) in [5.74, 6) is -0.975. The Labute approximate surface area is 200 Å². The number of hydrogen-bond donors (Lipinski definition) is 0. The molecule has 1 amide bonds. The molecule has 0 saturated carbocycles. The van der Waals surface area contributed by atoms with E-state index >= 15 is 0 Å². The molecule has 4 rings (SSSR count). The van der Waals surface area contributed by atoms with Crippen LogP contribution in [0.1, 0.15) is 54.5 Å².